The largest absolute Gasteiger partial charge is 0.363 e. The second-order valence-electron chi connectivity index (χ2n) is 6.72. The third-order valence-electron chi connectivity index (χ3n) is 4.65. The van der Waals surface area contributed by atoms with E-state index in [1.807, 2.05) is 24.3 Å². The molecule has 0 bridgehead atoms. The number of carbonyl (C=O) groups is 1. The Bertz CT molecular complexity index is 766. The molecule has 26 heavy (non-hydrogen) atoms. The van der Waals surface area contributed by atoms with Crippen LogP contribution in [0.3, 0.4) is 0 Å². The Morgan fingerprint density at radius 3 is 2.19 bits per heavy atom. The maximum atomic E-state index is 13.9. The highest BCUT2D eigenvalue weighted by molar-refractivity contribution is 5.90. The fourth-order valence-corrected chi connectivity index (χ4v) is 3.23. The minimum atomic E-state index is -0.575. The van der Waals surface area contributed by atoms with Crippen molar-refractivity contribution in [1.82, 2.24) is 4.90 Å². The molecule has 4 nitrogen and oxygen atoms in total. The van der Waals surface area contributed by atoms with Crippen LogP contribution >= 0.6 is 0 Å². The molecule has 2 aromatic rings. The van der Waals surface area contributed by atoms with Gasteiger partial charge in [-0.3, -0.25) is 0 Å². The molecule has 1 aliphatic heterocycles. The number of nitrogens with zero attached hydrogens (tertiary/aromatic N) is 2. The number of anilines is 2. The first-order valence-electron chi connectivity index (χ1n) is 8.81. The molecule has 1 heterocycles. The fourth-order valence-electron chi connectivity index (χ4n) is 3.23. The van der Waals surface area contributed by atoms with Crippen LogP contribution in [-0.2, 0) is 0 Å². The lowest BCUT2D eigenvalue weighted by molar-refractivity contribution is 0.208. The van der Waals surface area contributed by atoms with Crippen LogP contribution in [-0.4, -0.2) is 37.1 Å². The van der Waals surface area contributed by atoms with Crippen molar-refractivity contribution < 1.29 is 13.6 Å². The molecule has 1 N–H and O–H groups in total. The average Bonchev–Trinajstić information content (AvgIpc) is 2.62. The van der Waals surface area contributed by atoms with Crippen molar-refractivity contribution in [3.63, 3.8) is 0 Å². The summed E-state index contributed by atoms with van der Waals surface area (Å²) in [5, 5.41) is 2.96. The van der Waals surface area contributed by atoms with Crippen molar-refractivity contribution in [3.05, 3.63) is 59.7 Å². The highest BCUT2D eigenvalue weighted by Crippen LogP contribution is 2.26. The van der Waals surface area contributed by atoms with Crippen molar-refractivity contribution >= 4 is 17.4 Å². The van der Waals surface area contributed by atoms with E-state index in [0.717, 1.165) is 11.3 Å². The van der Waals surface area contributed by atoms with Gasteiger partial charge < -0.3 is 15.1 Å². The first-order valence-corrected chi connectivity index (χ1v) is 8.81. The lowest BCUT2D eigenvalue weighted by Crippen LogP contribution is -2.50. The Labute approximate surface area is 152 Å². The molecule has 138 valence electrons. The van der Waals surface area contributed by atoms with Crippen LogP contribution in [0.4, 0.5) is 25.0 Å². The Morgan fingerprint density at radius 2 is 1.58 bits per heavy atom. The predicted octanol–water partition coefficient (Wildman–Crippen LogP) is 4.44. The number of carbonyl (C=O) groups excluding carboxylic acids is 1. The molecular weight excluding hydrogens is 336 g/mol. The second-order valence-corrected chi connectivity index (χ2v) is 6.72. The van der Waals surface area contributed by atoms with Gasteiger partial charge in [0.15, 0.2) is 0 Å². The lowest BCUT2D eigenvalue weighted by atomic mass is 10.0. The highest BCUT2D eigenvalue weighted by Gasteiger charge is 2.25. The third kappa shape index (κ3) is 3.79. The van der Waals surface area contributed by atoms with Gasteiger partial charge in [0, 0.05) is 31.9 Å². The van der Waals surface area contributed by atoms with E-state index < -0.39 is 11.6 Å². The average molecular weight is 359 g/mol. The molecule has 1 fully saturated rings. The maximum absolute atomic E-state index is 13.9. The third-order valence-corrected chi connectivity index (χ3v) is 4.65. The van der Waals surface area contributed by atoms with Crippen LogP contribution in [0.2, 0.25) is 0 Å². The normalized spacial score (nSPS) is 14.7. The standard InChI is InChI=1S/C20H23F2N3O/c1-14(2)15-6-3-4-9-18(15)23-20(26)25-12-10-24(11-13-25)19-16(21)7-5-8-17(19)22/h3-9,14H,10-13H2,1-2H3,(H,23,26). The van der Waals surface area contributed by atoms with E-state index in [9.17, 15) is 13.6 Å². The van der Waals surface area contributed by atoms with Gasteiger partial charge in [0.1, 0.15) is 17.3 Å². The van der Waals surface area contributed by atoms with Crippen molar-refractivity contribution in [2.45, 2.75) is 19.8 Å². The molecule has 6 heteroatoms. The Morgan fingerprint density at radius 1 is 0.962 bits per heavy atom. The molecule has 3 rings (SSSR count). The van der Waals surface area contributed by atoms with Crippen LogP contribution in [0.1, 0.15) is 25.3 Å². The number of hydrogen-bond donors (Lipinski definition) is 1. The molecule has 1 aliphatic rings. The van der Waals surface area contributed by atoms with Gasteiger partial charge in [-0.1, -0.05) is 38.1 Å². The van der Waals surface area contributed by atoms with Crippen LogP contribution in [0.5, 0.6) is 0 Å². The molecule has 2 aromatic carbocycles. The lowest BCUT2D eigenvalue weighted by Gasteiger charge is -2.36. The number of para-hydroxylation sites is 2. The van der Waals surface area contributed by atoms with Gasteiger partial charge in [-0.2, -0.15) is 0 Å². The first-order chi connectivity index (χ1) is 12.5. The summed E-state index contributed by atoms with van der Waals surface area (Å²) in [6, 6.07) is 11.4. The second kappa shape index (κ2) is 7.72. The monoisotopic (exact) mass is 359 g/mol. The molecule has 0 aliphatic carbocycles. The van der Waals surface area contributed by atoms with E-state index in [-0.39, 0.29) is 11.7 Å². The summed E-state index contributed by atoms with van der Waals surface area (Å²) in [4.78, 5) is 15.9. The molecule has 0 unspecified atom stereocenters. The Hall–Kier alpha value is -2.63. The molecule has 0 saturated carbocycles. The minimum absolute atomic E-state index is 0.0160. The highest BCUT2D eigenvalue weighted by atomic mass is 19.1. The van der Waals surface area contributed by atoms with E-state index >= 15 is 0 Å². The smallest absolute Gasteiger partial charge is 0.321 e. The summed E-state index contributed by atoms with van der Waals surface area (Å²) < 4.78 is 27.8. The van der Waals surface area contributed by atoms with E-state index in [4.69, 9.17) is 0 Å². The van der Waals surface area contributed by atoms with Crippen LogP contribution < -0.4 is 10.2 Å². The zero-order valence-electron chi connectivity index (χ0n) is 15.0. The summed E-state index contributed by atoms with van der Waals surface area (Å²) in [5.74, 6) is -0.852. The molecule has 0 spiro atoms. The molecule has 0 aromatic heterocycles. The fraction of sp³-hybridized carbons (Fsp3) is 0.350. The SMILES string of the molecule is CC(C)c1ccccc1NC(=O)N1CCN(c2c(F)cccc2F)CC1. The minimum Gasteiger partial charge on any atom is -0.363 e. The summed E-state index contributed by atoms with van der Waals surface area (Å²) in [5.41, 5.74) is 1.86. The maximum Gasteiger partial charge on any atom is 0.321 e. The quantitative estimate of drug-likeness (QED) is 0.879. The number of nitrogens with one attached hydrogen (secondary N) is 1. The van der Waals surface area contributed by atoms with Gasteiger partial charge in [0.25, 0.3) is 0 Å². The van der Waals surface area contributed by atoms with Crippen molar-refractivity contribution in [2.75, 3.05) is 36.4 Å². The number of hydrogen-bond acceptors (Lipinski definition) is 2. The number of benzene rings is 2. The van der Waals surface area contributed by atoms with Gasteiger partial charge >= 0.3 is 6.03 Å². The number of rotatable bonds is 3. The van der Waals surface area contributed by atoms with Gasteiger partial charge in [-0.15, -0.1) is 0 Å². The van der Waals surface area contributed by atoms with Crippen molar-refractivity contribution in [1.29, 1.82) is 0 Å². The van der Waals surface area contributed by atoms with Crippen LogP contribution in [0.25, 0.3) is 0 Å². The van der Waals surface area contributed by atoms with Crippen LogP contribution in [0.15, 0.2) is 42.5 Å². The summed E-state index contributed by atoms with van der Waals surface area (Å²) in [7, 11) is 0. The van der Waals surface area contributed by atoms with Gasteiger partial charge in [-0.25, -0.2) is 13.6 Å². The van der Waals surface area contributed by atoms with Crippen molar-refractivity contribution in [2.24, 2.45) is 0 Å². The molecule has 0 atom stereocenters. The zero-order chi connectivity index (χ0) is 18.7. The summed E-state index contributed by atoms with van der Waals surface area (Å²) in [6.07, 6.45) is 0. The number of urea groups is 1. The molecule has 2 amide bonds. The molecule has 1 saturated heterocycles. The van der Waals surface area contributed by atoms with Crippen molar-refractivity contribution in [3.8, 4) is 0 Å². The Balaban J connectivity index is 1.64. The van der Waals surface area contributed by atoms with E-state index in [1.54, 1.807) is 9.80 Å². The topological polar surface area (TPSA) is 35.6 Å². The predicted molar refractivity (Wildman–Crippen MR) is 99.7 cm³/mol. The van der Waals surface area contributed by atoms with Gasteiger partial charge in [-0.05, 0) is 29.7 Å². The van der Waals surface area contributed by atoms with E-state index in [2.05, 4.69) is 19.2 Å². The summed E-state index contributed by atoms with van der Waals surface area (Å²) >= 11 is 0. The van der Waals surface area contributed by atoms with Gasteiger partial charge in [0.05, 0.1) is 0 Å². The summed E-state index contributed by atoms with van der Waals surface area (Å²) in [6.45, 7) is 5.74. The first kappa shape index (κ1) is 18.2. The number of halogens is 2. The molecular formula is C20H23F2N3O. The van der Waals surface area contributed by atoms with Gasteiger partial charge in [0.2, 0.25) is 0 Å². The van der Waals surface area contributed by atoms with E-state index in [0.29, 0.717) is 32.1 Å². The number of amides is 2. The molecule has 0 radical (unpaired) electrons. The van der Waals surface area contributed by atoms with Crippen LogP contribution in [0, 0.1) is 11.6 Å². The zero-order valence-corrected chi connectivity index (χ0v) is 15.0. The van der Waals surface area contributed by atoms with E-state index in [1.165, 1.54) is 18.2 Å². The Kier molecular flexibility index (Phi) is 5.40. The number of piperazine rings is 1.